The fourth-order valence-electron chi connectivity index (χ4n) is 4.39. The highest BCUT2D eigenvalue weighted by Crippen LogP contribution is 2.44. The quantitative estimate of drug-likeness (QED) is 0.0725. The molecule has 0 atom stereocenters. The third-order valence-electron chi connectivity index (χ3n) is 6.56. The Kier molecular flexibility index (Phi) is 10.8. The average Bonchev–Trinajstić information content (AvgIpc) is 3.80. The number of thiophene rings is 1. The van der Waals surface area contributed by atoms with Gasteiger partial charge < -0.3 is 37.3 Å². The molecule has 2 aromatic carbocycles. The summed E-state index contributed by atoms with van der Waals surface area (Å²) in [5, 5.41) is 9.80. The van der Waals surface area contributed by atoms with Crippen molar-refractivity contribution in [3.05, 3.63) is 57.9 Å². The molecule has 0 saturated heterocycles. The lowest BCUT2D eigenvalue weighted by Crippen LogP contribution is -2.12. The first-order chi connectivity index (χ1) is 22.7. The van der Waals surface area contributed by atoms with E-state index in [0.717, 1.165) is 11.3 Å². The lowest BCUT2D eigenvalue weighted by Gasteiger charge is -2.16. The highest BCUT2D eigenvalue weighted by Gasteiger charge is 2.24. The van der Waals surface area contributed by atoms with Crippen LogP contribution in [0.3, 0.4) is 0 Å². The first-order valence-electron chi connectivity index (χ1n) is 13.8. The van der Waals surface area contributed by atoms with Gasteiger partial charge in [-0.2, -0.15) is 8.42 Å². The van der Waals surface area contributed by atoms with Crippen LogP contribution in [0.25, 0.3) is 22.3 Å². The molecule has 0 radical (unpaired) electrons. The van der Waals surface area contributed by atoms with E-state index in [9.17, 15) is 13.2 Å². The van der Waals surface area contributed by atoms with E-state index in [0.29, 0.717) is 40.7 Å². The third kappa shape index (κ3) is 7.43. The topological polar surface area (TPSA) is 168 Å². The van der Waals surface area contributed by atoms with Crippen LogP contribution in [0, 0.1) is 0 Å². The summed E-state index contributed by atoms with van der Waals surface area (Å²) in [5.41, 5.74) is 0.199. The van der Waals surface area contributed by atoms with Crippen molar-refractivity contribution in [1.82, 2.24) is 10.2 Å². The van der Waals surface area contributed by atoms with Gasteiger partial charge in [-0.15, -0.1) is 21.5 Å². The molecule has 0 aliphatic carbocycles. The lowest BCUT2D eigenvalue weighted by molar-refractivity contribution is 0.257. The smallest absolute Gasteiger partial charge is 0.307 e. The minimum absolute atomic E-state index is 0.0122. The van der Waals surface area contributed by atoms with E-state index in [1.165, 1.54) is 53.4 Å². The maximum atomic E-state index is 13.9. The molecular formula is C30H30N2O12S3. The van der Waals surface area contributed by atoms with Gasteiger partial charge in [-0.25, -0.2) is 0 Å². The summed E-state index contributed by atoms with van der Waals surface area (Å²) >= 11 is 2.28. The Morgan fingerprint density at radius 3 is 2.26 bits per heavy atom. The van der Waals surface area contributed by atoms with Gasteiger partial charge in [0.15, 0.2) is 17.3 Å². The molecule has 0 N–H and O–H groups in total. The monoisotopic (exact) mass is 706 g/mol. The normalized spacial score (nSPS) is 11.4. The molecular weight excluding hydrogens is 677 g/mol. The number of hydrogen-bond donors (Lipinski definition) is 0. The lowest BCUT2D eigenvalue weighted by atomic mass is 10.1. The Hall–Kier alpha value is -4.45. The molecule has 14 nitrogen and oxygen atoms in total. The van der Waals surface area contributed by atoms with Crippen molar-refractivity contribution < 1.29 is 49.9 Å². The van der Waals surface area contributed by atoms with Crippen molar-refractivity contribution in [2.45, 2.75) is 22.5 Å². The summed E-state index contributed by atoms with van der Waals surface area (Å²) < 4.78 is 74.7. The molecule has 250 valence electrons. The first-order valence-corrected chi connectivity index (χ1v) is 17.0. The van der Waals surface area contributed by atoms with Gasteiger partial charge in [-0.3, -0.25) is 8.98 Å². The molecule has 0 amide bonds. The third-order valence-corrected chi connectivity index (χ3v) is 10.1. The van der Waals surface area contributed by atoms with Crippen molar-refractivity contribution in [3.63, 3.8) is 0 Å². The molecule has 0 spiro atoms. The first kappa shape index (κ1) is 33.9. The van der Waals surface area contributed by atoms with E-state index >= 15 is 0 Å². The zero-order valence-corrected chi connectivity index (χ0v) is 28.3. The number of fused-ring (bicyclic) bond motifs is 1. The van der Waals surface area contributed by atoms with Crippen LogP contribution in [0.2, 0.25) is 0 Å². The second kappa shape index (κ2) is 15.0. The SMILES string of the molecule is COc1cc(OC)c2c(=O)c(OCCCSc3nnc(COS(=O)(=O)c4cccs4)o3)c(-c3cc(OC)c(OC)c(OC)c3)oc2c1. The Morgan fingerprint density at radius 2 is 1.62 bits per heavy atom. The van der Waals surface area contributed by atoms with Crippen LogP contribution in [-0.2, 0) is 20.9 Å². The van der Waals surface area contributed by atoms with Crippen LogP contribution in [0.15, 0.2) is 64.8 Å². The summed E-state index contributed by atoms with van der Waals surface area (Å²) in [4.78, 5) is 13.9. The number of ether oxygens (including phenoxy) is 6. The molecule has 0 saturated carbocycles. The molecule has 5 aromatic rings. The largest absolute Gasteiger partial charge is 0.496 e. The zero-order chi connectivity index (χ0) is 33.6. The van der Waals surface area contributed by atoms with Gasteiger partial charge in [0.1, 0.15) is 33.3 Å². The van der Waals surface area contributed by atoms with Crippen LogP contribution in [0.4, 0.5) is 0 Å². The van der Waals surface area contributed by atoms with Crippen molar-refractivity contribution >= 4 is 44.2 Å². The molecule has 0 aliphatic heterocycles. The highest BCUT2D eigenvalue weighted by molar-refractivity contribution is 7.99. The van der Waals surface area contributed by atoms with Crippen LogP contribution in [0.5, 0.6) is 34.5 Å². The molecule has 47 heavy (non-hydrogen) atoms. The molecule has 0 unspecified atom stereocenters. The highest BCUT2D eigenvalue weighted by atomic mass is 32.3. The van der Waals surface area contributed by atoms with Gasteiger partial charge >= 0.3 is 10.1 Å². The average molecular weight is 707 g/mol. The van der Waals surface area contributed by atoms with Crippen molar-refractivity contribution in [1.29, 1.82) is 0 Å². The van der Waals surface area contributed by atoms with Gasteiger partial charge in [-0.05, 0) is 30.0 Å². The van der Waals surface area contributed by atoms with E-state index in [2.05, 4.69) is 10.2 Å². The Morgan fingerprint density at radius 1 is 0.872 bits per heavy atom. The molecule has 3 aromatic heterocycles. The Balaban J connectivity index is 1.35. The fraction of sp³-hybridized carbons (Fsp3) is 0.300. The van der Waals surface area contributed by atoms with Gasteiger partial charge in [0.25, 0.3) is 5.22 Å². The molecule has 5 rings (SSSR count). The summed E-state index contributed by atoms with van der Waals surface area (Å²) in [5.74, 6) is 2.31. The standard InChI is InChI=1S/C30H30N2O12S3/c1-36-18-14-19(37-2)25-20(15-18)43-27(17-12-21(38-3)28(40-5)22(13-17)39-4)29(26(25)33)41-9-7-11-46-30-32-31-23(44-30)16-42-47(34,35)24-8-6-10-45-24/h6,8,10,12-15H,7,9,11,16H2,1-5H3. The molecule has 17 heteroatoms. The second-order valence-corrected chi connectivity index (χ2v) is 13.2. The van der Waals surface area contributed by atoms with E-state index in [1.807, 2.05) is 0 Å². The number of aromatic nitrogens is 2. The Bertz CT molecular complexity index is 1980. The number of hydrogen-bond acceptors (Lipinski definition) is 16. The minimum Gasteiger partial charge on any atom is -0.496 e. The van der Waals surface area contributed by atoms with Crippen molar-refractivity contribution in [2.75, 3.05) is 47.9 Å². The van der Waals surface area contributed by atoms with Crippen molar-refractivity contribution in [2.24, 2.45) is 0 Å². The number of benzene rings is 2. The van der Waals surface area contributed by atoms with Gasteiger partial charge in [0, 0.05) is 23.4 Å². The van der Waals surface area contributed by atoms with Gasteiger partial charge in [0.05, 0.1) is 42.2 Å². The Labute approximate surface area is 277 Å². The van der Waals surface area contributed by atoms with E-state index in [4.69, 9.17) is 41.4 Å². The predicted octanol–water partition coefficient (Wildman–Crippen LogP) is 5.41. The zero-order valence-electron chi connectivity index (χ0n) is 25.9. The predicted molar refractivity (Wildman–Crippen MR) is 172 cm³/mol. The fourth-order valence-corrected chi connectivity index (χ4v) is 6.93. The van der Waals surface area contributed by atoms with Crippen LogP contribution >= 0.6 is 23.1 Å². The number of rotatable bonds is 16. The van der Waals surface area contributed by atoms with Gasteiger partial charge in [-0.1, -0.05) is 17.8 Å². The van der Waals surface area contributed by atoms with Crippen LogP contribution in [-0.4, -0.2) is 66.5 Å². The number of nitrogens with zero attached hydrogens (tertiary/aromatic N) is 2. The van der Waals surface area contributed by atoms with Gasteiger partial charge in [0.2, 0.25) is 22.8 Å². The summed E-state index contributed by atoms with van der Waals surface area (Å²) in [6.45, 7) is -0.282. The molecule has 0 bridgehead atoms. The maximum Gasteiger partial charge on any atom is 0.307 e. The molecule has 3 heterocycles. The van der Waals surface area contributed by atoms with Crippen LogP contribution < -0.4 is 33.8 Å². The number of methoxy groups -OCH3 is 5. The van der Waals surface area contributed by atoms with E-state index < -0.39 is 22.2 Å². The van der Waals surface area contributed by atoms with Crippen molar-refractivity contribution in [3.8, 4) is 45.8 Å². The summed E-state index contributed by atoms with van der Waals surface area (Å²) in [6.07, 6.45) is 0.456. The molecule has 0 fully saturated rings. The van der Waals surface area contributed by atoms with E-state index in [1.54, 1.807) is 35.7 Å². The minimum atomic E-state index is -3.92. The molecule has 0 aliphatic rings. The number of thioether (sulfide) groups is 1. The maximum absolute atomic E-state index is 13.9. The summed E-state index contributed by atoms with van der Waals surface area (Å²) in [6, 6.07) is 9.52. The van der Waals surface area contributed by atoms with E-state index in [-0.39, 0.29) is 50.2 Å². The second-order valence-electron chi connectivity index (χ2n) is 9.37. The van der Waals surface area contributed by atoms with Crippen LogP contribution in [0.1, 0.15) is 12.3 Å². The summed E-state index contributed by atoms with van der Waals surface area (Å²) in [7, 11) is 3.47.